The number of nitrogens with zero attached hydrogens (tertiary/aromatic N) is 4. The molecule has 3 saturated heterocycles. The number of carbonyl (C=O) groups is 1. The summed E-state index contributed by atoms with van der Waals surface area (Å²) in [6, 6.07) is 4.29. The van der Waals surface area contributed by atoms with E-state index in [4.69, 9.17) is 11.6 Å². The SMILES string of the molecule is O=C(c1cn2cc(Cl)ccc2n1)N1C[C@H]2C[C@@H](C1)[C@H](CO)N1CCCC[C@@H]21. The van der Waals surface area contributed by atoms with E-state index in [1.807, 2.05) is 11.0 Å². The molecule has 2 bridgehead atoms. The lowest BCUT2D eigenvalue weighted by atomic mass is 9.72. The Bertz CT molecular complexity index is 855. The number of imidazole rings is 1. The third-order valence-corrected chi connectivity index (χ3v) is 6.95. The normalized spacial score (nSPS) is 31.1. The van der Waals surface area contributed by atoms with Gasteiger partial charge in [0.15, 0.2) is 0 Å². The topological polar surface area (TPSA) is 61.1 Å². The minimum absolute atomic E-state index is 0.00882. The van der Waals surface area contributed by atoms with E-state index in [1.54, 1.807) is 22.9 Å². The van der Waals surface area contributed by atoms with Gasteiger partial charge in [-0.15, -0.1) is 0 Å². The molecule has 144 valence electrons. The first-order valence-corrected chi connectivity index (χ1v) is 10.3. The lowest BCUT2D eigenvalue weighted by molar-refractivity contribution is -0.0795. The van der Waals surface area contributed by atoms with Gasteiger partial charge in [0.25, 0.3) is 5.91 Å². The third-order valence-electron chi connectivity index (χ3n) is 6.73. The molecule has 2 aromatic heterocycles. The number of aliphatic hydroxyl groups is 1. The molecular formula is C20H25ClN4O2. The molecule has 0 aliphatic carbocycles. The minimum atomic E-state index is -0.00882. The molecule has 5 heterocycles. The van der Waals surface area contributed by atoms with Gasteiger partial charge in [-0.05, 0) is 49.8 Å². The van der Waals surface area contributed by atoms with Crippen molar-refractivity contribution in [1.82, 2.24) is 19.2 Å². The fourth-order valence-corrected chi connectivity index (χ4v) is 5.72. The fourth-order valence-electron chi connectivity index (χ4n) is 5.55. The number of hydrogen-bond donors (Lipinski definition) is 1. The Hall–Kier alpha value is -1.63. The first-order chi connectivity index (χ1) is 13.1. The number of rotatable bonds is 2. The molecule has 0 radical (unpaired) electrons. The summed E-state index contributed by atoms with van der Waals surface area (Å²) in [4.78, 5) is 22.2. The highest BCUT2D eigenvalue weighted by Gasteiger charge is 2.47. The summed E-state index contributed by atoms with van der Waals surface area (Å²) in [5.41, 5.74) is 1.20. The highest BCUT2D eigenvalue weighted by Crippen LogP contribution is 2.41. The predicted octanol–water partition coefficient (Wildman–Crippen LogP) is 2.29. The summed E-state index contributed by atoms with van der Waals surface area (Å²) in [7, 11) is 0. The van der Waals surface area contributed by atoms with E-state index in [9.17, 15) is 9.90 Å². The molecule has 7 heteroatoms. The predicted molar refractivity (Wildman–Crippen MR) is 103 cm³/mol. The third kappa shape index (κ3) is 2.94. The Kier molecular flexibility index (Phi) is 4.37. The van der Waals surface area contributed by atoms with Gasteiger partial charge in [0, 0.05) is 37.6 Å². The molecule has 3 aliphatic rings. The molecule has 3 aliphatic heterocycles. The van der Waals surface area contributed by atoms with Crippen molar-refractivity contribution in [3.63, 3.8) is 0 Å². The van der Waals surface area contributed by atoms with Crippen LogP contribution in [0.1, 0.15) is 36.2 Å². The van der Waals surface area contributed by atoms with Crippen LogP contribution in [0.5, 0.6) is 0 Å². The second-order valence-electron chi connectivity index (χ2n) is 8.26. The molecule has 0 aromatic carbocycles. The summed E-state index contributed by atoms with van der Waals surface area (Å²) < 4.78 is 1.81. The molecule has 0 saturated carbocycles. The maximum Gasteiger partial charge on any atom is 0.274 e. The molecule has 1 amide bonds. The van der Waals surface area contributed by atoms with Gasteiger partial charge in [0.05, 0.1) is 11.6 Å². The monoisotopic (exact) mass is 388 g/mol. The van der Waals surface area contributed by atoms with E-state index in [0.717, 1.165) is 25.2 Å². The van der Waals surface area contributed by atoms with Gasteiger partial charge in [-0.2, -0.15) is 0 Å². The van der Waals surface area contributed by atoms with Crippen LogP contribution in [0.15, 0.2) is 24.5 Å². The van der Waals surface area contributed by atoms with Crippen molar-refractivity contribution in [1.29, 1.82) is 0 Å². The van der Waals surface area contributed by atoms with Gasteiger partial charge in [0.2, 0.25) is 0 Å². The largest absolute Gasteiger partial charge is 0.395 e. The molecule has 0 spiro atoms. The first-order valence-electron chi connectivity index (χ1n) is 9.94. The molecule has 1 N–H and O–H groups in total. The number of likely N-dealkylation sites (tertiary alicyclic amines) is 1. The molecule has 2 aromatic rings. The number of halogens is 1. The number of carbonyl (C=O) groups excluding carboxylic acids is 1. The van der Waals surface area contributed by atoms with Crippen LogP contribution in [0.2, 0.25) is 5.02 Å². The summed E-state index contributed by atoms with van der Waals surface area (Å²) in [6.07, 6.45) is 8.32. The Morgan fingerprint density at radius 3 is 2.93 bits per heavy atom. The zero-order chi connectivity index (χ0) is 18.5. The van der Waals surface area contributed by atoms with Crippen LogP contribution < -0.4 is 0 Å². The number of aliphatic hydroxyl groups excluding tert-OH is 1. The zero-order valence-electron chi connectivity index (χ0n) is 15.3. The van der Waals surface area contributed by atoms with Crippen LogP contribution in [-0.2, 0) is 0 Å². The van der Waals surface area contributed by atoms with Crippen molar-refractivity contribution in [2.75, 3.05) is 26.2 Å². The van der Waals surface area contributed by atoms with Gasteiger partial charge < -0.3 is 14.4 Å². The second kappa shape index (κ2) is 6.76. The molecule has 0 unspecified atom stereocenters. The molecule has 5 rings (SSSR count). The van der Waals surface area contributed by atoms with E-state index in [-0.39, 0.29) is 18.6 Å². The number of hydrogen-bond acceptors (Lipinski definition) is 4. The lowest BCUT2D eigenvalue weighted by Crippen LogP contribution is -2.65. The number of amides is 1. The van der Waals surface area contributed by atoms with E-state index in [0.29, 0.717) is 35.1 Å². The summed E-state index contributed by atoms with van der Waals surface area (Å²) in [5, 5.41) is 10.7. The van der Waals surface area contributed by atoms with Crippen molar-refractivity contribution in [2.24, 2.45) is 11.8 Å². The second-order valence-corrected chi connectivity index (χ2v) is 8.69. The lowest BCUT2D eigenvalue weighted by Gasteiger charge is -2.56. The van der Waals surface area contributed by atoms with Crippen LogP contribution in [0, 0.1) is 11.8 Å². The van der Waals surface area contributed by atoms with Crippen LogP contribution >= 0.6 is 11.6 Å². The smallest absolute Gasteiger partial charge is 0.274 e. The summed E-state index contributed by atoms with van der Waals surface area (Å²) >= 11 is 6.05. The maximum absolute atomic E-state index is 13.2. The molecular weight excluding hydrogens is 364 g/mol. The Morgan fingerprint density at radius 1 is 1.22 bits per heavy atom. The van der Waals surface area contributed by atoms with Crippen molar-refractivity contribution in [3.05, 3.63) is 35.2 Å². The van der Waals surface area contributed by atoms with E-state index in [1.165, 1.54) is 19.3 Å². The van der Waals surface area contributed by atoms with Crippen LogP contribution in [0.25, 0.3) is 5.65 Å². The summed E-state index contributed by atoms with van der Waals surface area (Å²) in [6.45, 7) is 2.77. The average Bonchev–Trinajstić information content (AvgIpc) is 3.11. The average molecular weight is 389 g/mol. The van der Waals surface area contributed by atoms with Gasteiger partial charge >= 0.3 is 0 Å². The van der Waals surface area contributed by atoms with Crippen molar-refractivity contribution in [3.8, 4) is 0 Å². The van der Waals surface area contributed by atoms with Crippen LogP contribution in [0.4, 0.5) is 0 Å². The van der Waals surface area contributed by atoms with Crippen LogP contribution in [-0.4, -0.2) is 68.5 Å². The van der Waals surface area contributed by atoms with E-state index < -0.39 is 0 Å². The maximum atomic E-state index is 13.2. The van der Waals surface area contributed by atoms with Gasteiger partial charge in [-0.25, -0.2) is 4.98 Å². The number of fused-ring (bicyclic) bond motifs is 5. The molecule has 3 fully saturated rings. The standard InChI is InChI=1S/C20H25ClN4O2/c21-15-4-5-19-22-16(11-23(19)10-15)20(27)24-8-13-7-14(9-24)18(12-26)25-6-2-1-3-17(13)25/h4-5,10-11,13-14,17-18,26H,1-3,6-9,12H2/t13-,14+,17+,18+/m1/s1. The summed E-state index contributed by atoms with van der Waals surface area (Å²) in [5.74, 6) is 0.839. The van der Waals surface area contributed by atoms with Gasteiger partial charge in [0.1, 0.15) is 11.3 Å². The van der Waals surface area contributed by atoms with Crippen molar-refractivity contribution in [2.45, 2.75) is 37.8 Å². The molecule has 4 atom stereocenters. The quantitative estimate of drug-likeness (QED) is 0.857. The number of pyridine rings is 1. The van der Waals surface area contributed by atoms with Gasteiger partial charge in [-0.1, -0.05) is 18.0 Å². The Morgan fingerprint density at radius 2 is 2.07 bits per heavy atom. The molecule has 27 heavy (non-hydrogen) atoms. The highest BCUT2D eigenvalue weighted by molar-refractivity contribution is 6.30. The number of piperidine rings is 3. The molecule has 6 nitrogen and oxygen atoms in total. The van der Waals surface area contributed by atoms with Crippen LogP contribution in [0.3, 0.4) is 0 Å². The number of aromatic nitrogens is 2. The first kappa shape index (κ1) is 17.5. The zero-order valence-corrected chi connectivity index (χ0v) is 16.1. The fraction of sp³-hybridized carbons (Fsp3) is 0.600. The Balaban J connectivity index is 1.41. The van der Waals surface area contributed by atoms with Crippen molar-refractivity contribution >= 4 is 23.2 Å². The highest BCUT2D eigenvalue weighted by atomic mass is 35.5. The van der Waals surface area contributed by atoms with Gasteiger partial charge in [-0.3, -0.25) is 9.69 Å². The Labute approximate surface area is 163 Å². The van der Waals surface area contributed by atoms with E-state index in [2.05, 4.69) is 9.88 Å². The van der Waals surface area contributed by atoms with Crippen molar-refractivity contribution < 1.29 is 9.90 Å². The minimum Gasteiger partial charge on any atom is -0.395 e. The van der Waals surface area contributed by atoms with E-state index >= 15 is 0 Å².